The first-order chi connectivity index (χ1) is 15.9. The standard InChI is InChI=1S/C26H34N2O4S/c1-33(30,31)27-24-16-12-21-11-15-23(20-7-8-20)26(29)28(21)25(24)17-32-22-13-9-19(10-14-22)18-5-3-2-4-6-18/h2-6,11,15,19-20,22,24-25,27H,7-10,12-14,16-17H2,1H3/t19?,22?,24-,25-/m0/s1. The summed E-state index contributed by atoms with van der Waals surface area (Å²) >= 11 is 0. The molecule has 1 aliphatic heterocycles. The molecule has 0 amide bonds. The van der Waals surface area contributed by atoms with Crippen LogP contribution in [-0.4, -0.2) is 38.0 Å². The van der Waals surface area contributed by atoms with Crippen LogP contribution < -0.4 is 10.3 Å². The largest absolute Gasteiger partial charge is 0.376 e. The van der Waals surface area contributed by atoms with Crippen molar-refractivity contribution in [2.24, 2.45) is 0 Å². The molecule has 2 aliphatic carbocycles. The van der Waals surface area contributed by atoms with Crippen molar-refractivity contribution in [3.05, 3.63) is 69.6 Å². The minimum atomic E-state index is -3.39. The molecule has 5 rings (SSSR count). The van der Waals surface area contributed by atoms with Crippen LogP contribution in [0, 0.1) is 0 Å². The molecule has 3 aliphatic rings. The van der Waals surface area contributed by atoms with E-state index < -0.39 is 10.0 Å². The second kappa shape index (κ2) is 9.35. The van der Waals surface area contributed by atoms with Gasteiger partial charge < -0.3 is 9.30 Å². The van der Waals surface area contributed by atoms with Crippen LogP contribution in [-0.2, 0) is 21.2 Å². The van der Waals surface area contributed by atoms with E-state index in [-0.39, 0.29) is 23.7 Å². The lowest BCUT2D eigenvalue weighted by atomic mass is 9.83. The highest BCUT2D eigenvalue weighted by Gasteiger charge is 2.36. The van der Waals surface area contributed by atoms with E-state index in [1.165, 1.54) is 11.8 Å². The Labute approximate surface area is 196 Å². The average molecular weight is 471 g/mol. The Hall–Kier alpha value is -1.96. The van der Waals surface area contributed by atoms with Crippen LogP contribution >= 0.6 is 0 Å². The number of rotatable bonds is 7. The van der Waals surface area contributed by atoms with Gasteiger partial charge in [-0.15, -0.1) is 0 Å². The van der Waals surface area contributed by atoms with E-state index in [9.17, 15) is 13.2 Å². The second-order valence-corrected chi connectivity index (χ2v) is 11.8. The quantitative estimate of drug-likeness (QED) is 0.666. The molecule has 0 bridgehead atoms. The normalized spacial score (nSPS) is 27.8. The Kier molecular flexibility index (Phi) is 6.47. The smallest absolute Gasteiger partial charge is 0.254 e. The lowest BCUT2D eigenvalue weighted by molar-refractivity contribution is -0.00170. The summed E-state index contributed by atoms with van der Waals surface area (Å²) in [6.07, 6.45) is 8.97. The number of nitrogens with one attached hydrogen (secondary N) is 1. The van der Waals surface area contributed by atoms with Crippen molar-refractivity contribution in [2.75, 3.05) is 12.9 Å². The molecule has 2 heterocycles. The van der Waals surface area contributed by atoms with Crippen molar-refractivity contribution >= 4 is 10.0 Å². The first-order valence-corrected chi connectivity index (χ1v) is 14.2. The maximum Gasteiger partial charge on any atom is 0.254 e. The highest BCUT2D eigenvalue weighted by Crippen LogP contribution is 2.39. The van der Waals surface area contributed by atoms with E-state index in [4.69, 9.17) is 4.74 Å². The third kappa shape index (κ3) is 5.26. The van der Waals surface area contributed by atoms with Crippen LogP contribution in [0.25, 0.3) is 0 Å². The number of benzene rings is 1. The number of ether oxygens (including phenoxy) is 1. The van der Waals surface area contributed by atoms with Crippen molar-refractivity contribution in [3.8, 4) is 0 Å². The summed E-state index contributed by atoms with van der Waals surface area (Å²) in [5.74, 6) is 0.929. The van der Waals surface area contributed by atoms with Crippen LogP contribution in [0.5, 0.6) is 0 Å². The first-order valence-electron chi connectivity index (χ1n) is 12.3. The highest BCUT2D eigenvalue weighted by molar-refractivity contribution is 7.88. The van der Waals surface area contributed by atoms with Gasteiger partial charge in [0.05, 0.1) is 25.0 Å². The summed E-state index contributed by atoms with van der Waals surface area (Å²) in [7, 11) is -3.39. The lowest BCUT2D eigenvalue weighted by Crippen LogP contribution is -2.49. The van der Waals surface area contributed by atoms with Gasteiger partial charge in [0.15, 0.2) is 0 Å². The topological polar surface area (TPSA) is 77.4 Å². The van der Waals surface area contributed by atoms with E-state index in [2.05, 4.69) is 41.1 Å². The minimum Gasteiger partial charge on any atom is -0.376 e. The Bertz CT molecular complexity index is 1130. The number of pyridine rings is 1. The molecular formula is C26H34N2O4S. The third-order valence-corrected chi connectivity index (χ3v) is 8.30. The van der Waals surface area contributed by atoms with Crippen molar-refractivity contribution in [1.29, 1.82) is 0 Å². The van der Waals surface area contributed by atoms with E-state index in [1.54, 1.807) is 0 Å². The van der Waals surface area contributed by atoms with Crippen LogP contribution in [0.15, 0.2) is 47.3 Å². The maximum absolute atomic E-state index is 13.4. The maximum atomic E-state index is 13.4. The van der Waals surface area contributed by atoms with Gasteiger partial charge in [0, 0.05) is 17.3 Å². The molecule has 0 spiro atoms. The summed E-state index contributed by atoms with van der Waals surface area (Å²) < 4.78 is 35.1. The molecule has 33 heavy (non-hydrogen) atoms. The molecular weight excluding hydrogens is 436 g/mol. The van der Waals surface area contributed by atoms with Crippen LogP contribution in [0.1, 0.15) is 79.6 Å². The summed E-state index contributed by atoms with van der Waals surface area (Å²) in [6, 6.07) is 14.1. The fourth-order valence-corrected chi connectivity index (χ4v) is 6.51. The number of nitrogens with zero attached hydrogens (tertiary/aromatic N) is 1. The van der Waals surface area contributed by atoms with Crippen molar-refractivity contribution in [3.63, 3.8) is 0 Å². The Balaban J connectivity index is 1.32. The Morgan fingerprint density at radius 2 is 1.64 bits per heavy atom. The van der Waals surface area contributed by atoms with Crippen LogP contribution in [0.4, 0.5) is 0 Å². The van der Waals surface area contributed by atoms with E-state index in [0.29, 0.717) is 31.3 Å². The summed E-state index contributed by atoms with van der Waals surface area (Å²) in [4.78, 5) is 13.4. The van der Waals surface area contributed by atoms with Crippen molar-refractivity contribution in [2.45, 2.75) is 81.4 Å². The van der Waals surface area contributed by atoms with E-state index in [1.807, 2.05) is 10.6 Å². The first kappa shape index (κ1) is 22.8. The van der Waals surface area contributed by atoms with Crippen LogP contribution in [0.2, 0.25) is 0 Å². The zero-order valence-electron chi connectivity index (χ0n) is 19.3. The zero-order valence-corrected chi connectivity index (χ0v) is 20.1. The van der Waals surface area contributed by atoms with Crippen LogP contribution in [0.3, 0.4) is 0 Å². The third-order valence-electron chi connectivity index (χ3n) is 7.57. The van der Waals surface area contributed by atoms with Gasteiger partial charge >= 0.3 is 0 Å². The number of sulfonamides is 1. The fourth-order valence-electron chi connectivity index (χ4n) is 5.68. The van der Waals surface area contributed by atoms with Crippen molar-refractivity contribution < 1.29 is 13.2 Å². The van der Waals surface area contributed by atoms with Gasteiger partial charge in [0.1, 0.15) is 0 Å². The number of fused-ring (bicyclic) bond motifs is 1. The average Bonchev–Trinajstić information content (AvgIpc) is 3.64. The molecule has 0 unspecified atom stereocenters. The molecule has 2 aromatic rings. The molecule has 1 N–H and O–H groups in total. The van der Waals surface area contributed by atoms with E-state index >= 15 is 0 Å². The molecule has 0 radical (unpaired) electrons. The molecule has 2 saturated carbocycles. The summed E-state index contributed by atoms with van der Waals surface area (Å²) in [5.41, 5.74) is 3.29. The zero-order chi connectivity index (χ0) is 23.0. The summed E-state index contributed by atoms with van der Waals surface area (Å²) in [5, 5.41) is 0. The van der Waals surface area contributed by atoms with Crippen molar-refractivity contribution in [1.82, 2.24) is 9.29 Å². The number of hydrogen-bond acceptors (Lipinski definition) is 4. The SMILES string of the molecule is CS(=O)(=O)N[C@H]1CCc2ccc(C3CC3)c(=O)n2[C@H]1COC1CCC(c2ccccc2)CC1. The van der Waals surface area contributed by atoms with Gasteiger partial charge in [-0.1, -0.05) is 36.4 Å². The Morgan fingerprint density at radius 1 is 0.939 bits per heavy atom. The molecule has 1 aromatic carbocycles. The lowest BCUT2D eigenvalue weighted by Gasteiger charge is -2.37. The molecule has 2 atom stereocenters. The molecule has 178 valence electrons. The van der Waals surface area contributed by atoms with Gasteiger partial charge in [0.2, 0.25) is 10.0 Å². The molecule has 2 fully saturated rings. The van der Waals surface area contributed by atoms with Gasteiger partial charge in [-0.3, -0.25) is 4.79 Å². The molecule has 1 aromatic heterocycles. The second-order valence-electron chi connectivity index (χ2n) is 10.0. The van der Waals surface area contributed by atoms with Gasteiger partial charge in [0.25, 0.3) is 5.56 Å². The minimum absolute atomic E-state index is 0.0383. The number of hydrogen-bond donors (Lipinski definition) is 1. The summed E-state index contributed by atoms with van der Waals surface area (Å²) in [6.45, 7) is 0.356. The predicted octanol–water partition coefficient (Wildman–Crippen LogP) is 3.87. The molecule has 6 nitrogen and oxygen atoms in total. The highest BCUT2D eigenvalue weighted by atomic mass is 32.2. The Morgan fingerprint density at radius 3 is 2.30 bits per heavy atom. The number of aromatic nitrogens is 1. The van der Waals surface area contributed by atoms with E-state index in [0.717, 1.165) is 49.8 Å². The predicted molar refractivity (Wildman–Crippen MR) is 129 cm³/mol. The molecule has 7 heteroatoms. The monoisotopic (exact) mass is 470 g/mol. The number of aryl methyl sites for hydroxylation is 1. The molecule has 0 saturated heterocycles. The fraction of sp³-hybridized carbons (Fsp3) is 0.577. The van der Waals surface area contributed by atoms with Gasteiger partial charge in [-0.05, 0) is 74.8 Å². The van der Waals surface area contributed by atoms with Gasteiger partial charge in [-0.25, -0.2) is 13.1 Å². The van der Waals surface area contributed by atoms with Gasteiger partial charge in [-0.2, -0.15) is 0 Å².